The molecular weight excluding hydrogens is 378 g/mol. The van der Waals surface area contributed by atoms with Crippen LogP contribution in [-0.4, -0.2) is 71.3 Å². The summed E-state index contributed by atoms with van der Waals surface area (Å²) in [7, 11) is 4.59. The summed E-state index contributed by atoms with van der Waals surface area (Å²) in [5.74, 6) is 1.47. The van der Waals surface area contributed by atoms with Crippen LogP contribution in [0.2, 0.25) is 0 Å². The summed E-state index contributed by atoms with van der Waals surface area (Å²) in [5.41, 5.74) is 2.04. The average molecular weight is 399 g/mol. The third kappa shape index (κ3) is 3.58. The first kappa shape index (κ1) is 18.7. The largest absolute Gasteiger partial charge is 0.480 e. The predicted molar refractivity (Wildman–Crippen MR) is 103 cm³/mol. The molecule has 0 bridgehead atoms. The first-order chi connectivity index (χ1) is 14.1. The molecular formula is C18H21N7O4. The zero-order valence-corrected chi connectivity index (χ0v) is 16.3. The Kier molecular flexibility index (Phi) is 5.02. The number of imidazole rings is 1. The molecule has 0 saturated carbocycles. The van der Waals surface area contributed by atoms with Crippen LogP contribution in [-0.2, 0) is 4.74 Å². The van der Waals surface area contributed by atoms with E-state index in [4.69, 9.17) is 19.3 Å². The molecule has 4 rings (SSSR count). The van der Waals surface area contributed by atoms with Crippen molar-refractivity contribution in [3.63, 3.8) is 0 Å². The number of hydrogen-bond acceptors (Lipinski definition) is 9. The van der Waals surface area contributed by atoms with Crippen LogP contribution in [0.25, 0.3) is 16.9 Å². The number of carbonyl (C=O) groups excluding carboxylic acids is 1. The Morgan fingerprint density at radius 3 is 2.86 bits per heavy atom. The van der Waals surface area contributed by atoms with Crippen LogP contribution in [0.4, 0.5) is 10.6 Å². The number of anilines is 1. The fourth-order valence-electron chi connectivity index (χ4n) is 3.26. The monoisotopic (exact) mass is 399 g/mol. The minimum absolute atomic E-state index is 0.177. The van der Waals surface area contributed by atoms with Crippen molar-refractivity contribution in [1.29, 1.82) is 0 Å². The smallest absolute Gasteiger partial charge is 0.407 e. The van der Waals surface area contributed by atoms with E-state index in [1.54, 1.807) is 23.8 Å². The summed E-state index contributed by atoms with van der Waals surface area (Å²) in [6.45, 7) is 1.31. The maximum Gasteiger partial charge on any atom is 0.407 e. The Labute approximate surface area is 166 Å². The maximum atomic E-state index is 11.5. The van der Waals surface area contributed by atoms with E-state index in [1.165, 1.54) is 14.2 Å². The van der Waals surface area contributed by atoms with E-state index in [2.05, 4.69) is 25.4 Å². The number of alkyl carbamates (subject to hydrolysis) is 1. The molecule has 1 fully saturated rings. The normalized spacial score (nSPS) is 16.1. The van der Waals surface area contributed by atoms with Crippen molar-refractivity contribution in [3.05, 3.63) is 24.4 Å². The van der Waals surface area contributed by atoms with Gasteiger partial charge in [-0.15, -0.1) is 15.3 Å². The molecule has 0 spiro atoms. The SMILES string of the molecule is CNC(=O)OC1CCN(c2ccc3ncc(-c4cc(OC)nnc4OC)n3n2)C1. The second-order valence-corrected chi connectivity index (χ2v) is 6.43. The maximum absolute atomic E-state index is 11.5. The van der Waals surface area contributed by atoms with E-state index in [0.29, 0.717) is 35.2 Å². The second kappa shape index (κ2) is 7.78. The fraction of sp³-hybridized carbons (Fsp3) is 0.389. The summed E-state index contributed by atoms with van der Waals surface area (Å²) < 4.78 is 17.6. The minimum Gasteiger partial charge on any atom is -0.480 e. The number of carbonyl (C=O) groups is 1. The molecule has 11 heteroatoms. The highest BCUT2D eigenvalue weighted by Crippen LogP contribution is 2.31. The molecule has 1 aliphatic rings. The second-order valence-electron chi connectivity index (χ2n) is 6.43. The van der Waals surface area contributed by atoms with E-state index in [1.807, 2.05) is 12.1 Å². The van der Waals surface area contributed by atoms with Gasteiger partial charge in [0.1, 0.15) is 11.9 Å². The summed E-state index contributed by atoms with van der Waals surface area (Å²) in [6, 6.07) is 5.51. The topological polar surface area (TPSA) is 116 Å². The highest BCUT2D eigenvalue weighted by atomic mass is 16.6. The molecule has 1 aliphatic heterocycles. The third-order valence-corrected chi connectivity index (χ3v) is 4.71. The van der Waals surface area contributed by atoms with Gasteiger partial charge in [-0.2, -0.15) is 0 Å². The van der Waals surface area contributed by atoms with Gasteiger partial charge in [-0.3, -0.25) is 0 Å². The van der Waals surface area contributed by atoms with Gasteiger partial charge >= 0.3 is 6.09 Å². The predicted octanol–water partition coefficient (Wildman–Crippen LogP) is 1.14. The van der Waals surface area contributed by atoms with Gasteiger partial charge in [-0.25, -0.2) is 14.3 Å². The number of ether oxygens (including phenoxy) is 3. The number of amides is 1. The number of rotatable bonds is 5. The van der Waals surface area contributed by atoms with Gasteiger partial charge in [0.2, 0.25) is 11.8 Å². The van der Waals surface area contributed by atoms with Crippen LogP contribution in [0.1, 0.15) is 6.42 Å². The Morgan fingerprint density at radius 1 is 1.24 bits per heavy atom. The van der Waals surface area contributed by atoms with E-state index in [9.17, 15) is 4.79 Å². The summed E-state index contributed by atoms with van der Waals surface area (Å²) in [4.78, 5) is 17.9. The average Bonchev–Trinajstić information content (AvgIpc) is 3.39. The zero-order valence-electron chi connectivity index (χ0n) is 16.3. The molecule has 1 unspecified atom stereocenters. The number of methoxy groups -OCH3 is 2. The quantitative estimate of drug-likeness (QED) is 0.674. The standard InChI is InChI=1S/C18H21N7O4/c1-19-18(26)29-11-6-7-24(10-11)15-5-4-14-20-9-13(25(14)23-15)12-8-16(27-2)21-22-17(12)28-3/h4-5,8-9,11H,6-7,10H2,1-3H3,(H,19,26). The zero-order chi connectivity index (χ0) is 20.4. The first-order valence-corrected chi connectivity index (χ1v) is 9.07. The Bertz CT molecular complexity index is 1040. The lowest BCUT2D eigenvalue weighted by atomic mass is 10.2. The van der Waals surface area contributed by atoms with E-state index in [-0.39, 0.29) is 6.10 Å². The number of aromatic nitrogens is 5. The van der Waals surface area contributed by atoms with Gasteiger partial charge in [0.25, 0.3) is 0 Å². The van der Waals surface area contributed by atoms with Crippen LogP contribution < -0.4 is 19.7 Å². The number of fused-ring (bicyclic) bond motifs is 1. The molecule has 1 N–H and O–H groups in total. The van der Waals surface area contributed by atoms with Crippen molar-refractivity contribution < 1.29 is 19.0 Å². The molecule has 3 aromatic heterocycles. The van der Waals surface area contributed by atoms with Crippen molar-refractivity contribution in [1.82, 2.24) is 30.1 Å². The number of hydrogen-bond donors (Lipinski definition) is 1. The van der Waals surface area contributed by atoms with Crippen molar-refractivity contribution in [2.75, 3.05) is 39.3 Å². The molecule has 152 valence electrons. The van der Waals surface area contributed by atoms with Crippen LogP contribution in [0, 0.1) is 0 Å². The van der Waals surface area contributed by atoms with E-state index in [0.717, 1.165) is 18.8 Å². The van der Waals surface area contributed by atoms with Gasteiger partial charge in [-0.05, 0) is 12.1 Å². The van der Waals surface area contributed by atoms with Crippen LogP contribution in [0.15, 0.2) is 24.4 Å². The first-order valence-electron chi connectivity index (χ1n) is 9.07. The van der Waals surface area contributed by atoms with Gasteiger partial charge in [0.05, 0.1) is 38.2 Å². The molecule has 1 amide bonds. The Balaban J connectivity index is 1.67. The van der Waals surface area contributed by atoms with Crippen LogP contribution in [0.3, 0.4) is 0 Å². The molecule has 1 saturated heterocycles. The van der Waals surface area contributed by atoms with E-state index < -0.39 is 6.09 Å². The lowest BCUT2D eigenvalue weighted by molar-refractivity contribution is 0.110. The molecule has 11 nitrogen and oxygen atoms in total. The lowest BCUT2D eigenvalue weighted by Crippen LogP contribution is -2.29. The summed E-state index contributed by atoms with van der Waals surface area (Å²) in [5, 5.41) is 15.2. The van der Waals surface area contributed by atoms with Crippen molar-refractivity contribution >= 4 is 17.6 Å². The lowest BCUT2D eigenvalue weighted by Gasteiger charge is -2.17. The highest BCUT2D eigenvalue weighted by molar-refractivity contribution is 5.69. The van der Waals surface area contributed by atoms with Crippen molar-refractivity contribution in [3.8, 4) is 23.0 Å². The van der Waals surface area contributed by atoms with Gasteiger partial charge < -0.3 is 24.4 Å². The van der Waals surface area contributed by atoms with Gasteiger partial charge in [0.15, 0.2) is 5.65 Å². The molecule has 4 heterocycles. The Hall–Kier alpha value is -3.63. The number of nitrogens with zero attached hydrogens (tertiary/aromatic N) is 6. The summed E-state index contributed by atoms with van der Waals surface area (Å²) >= 11 is 0. The number of nitrogens with one attached hydrogen (secondary N) is 1. The molecule has 3 aromatic rings. The van der Waals surface area contributed by atoms with Crippen molar-refractivity contribution in [2.45, 2.75) is 12.5 Å². The van der Waals surface area contributed by atoms with Gasteiger partial charge in [0, 0.05) is 26.1 Å². The minimum atomic E-state index is -0.427. The molecule has 29 heavy (non-hydrogen) atoms. The van der Waals surface area contributed by atoms with Crippen molar-refractivity contribution in [2.24, 2.45) is 0 Å². The fourth-order valence-corrected chi connectivity index (χ4v) is 3.26. The third-order valence-electron chi connectivity index (χ3n) is 4.71. The molecule has 0 radical (unpaired) electrons. The van der Waals surface area contributed by atoms with Crippen LogP contribution in [0.5, 0.6) is 11.8 Å². The molecule has 1 atom stereocenters. The Morgan fingerprint density at radius 2 is 2.10 bits per heavy atom. The van der Waals surface area contributed by atoms with Gasteiger partial charge in [-0.1, -0.05) is 0 Å². The highest BCUT2D eigenvalue weighted by Gasteiger charge is 2.27. The molecule has 0 aromatic carbocycles. The van der Waals surface area contributed by atoms with E-state index >= 15 is 0 Å². The molecule has 0 aliphatic carbocycles. The van der Waals surface area contributed by atoms with Crippen LogP contribution >= 0.6 is 0 Å². The summed E-state index contributed by atoms with van der Waals surface area (Å²) in [6.07, 6.45) is 1.84.